The molecule has 0 heterocycles. The van der Waals surface area contributed by atoms with Crippen molar-refractivity contribution in [2.24, 2.45) is 0 Å². The summed E-state index contributed by atoms with van der Waals surface area (Å²) in [6.45, 7) is 4.35. The summed E-state index contributed by atoms with van der Waals surface area (Å²) < 4.78 is 0. The third kappa shape index (κ3) is 3.16. The first kappa shape index (κ1) is 14.9. The van der Waals surface area contributed by atoms with Gasteiger partial charge < -0.3 is 15.7 Å². The molecule has 110 valence electrons. The van der Waals surface area contributed by atoms with Crippen molar-refractivity contribution in [2.45, 2.75) is 20.3 Å². The third-order valence-corrected chi connectivity index (χ3v) is 3.41. The van der Waals surface area contributed by atoms with Gasteiger partial charge in [-0.3, -0.25) is 4.79 Å². The summed E-state index contributed by atoms with van der Waals surface area (Å²) in [5.41, 5.74) is 8.29. The van der Waals surface area contributed by atoms with Gasteiger partial charge in [0.25, 0.3) is 5.91 Å². The van der Waals surface area contributed by atoms with Gasteiger partial charge in [-0.1, -0.05) is 19.1 Å². The van der Waals surface area contributed by atoms with Crippen molar-refractivity contribution in [3.05, 3.63) is 53.6 Å². The van der Waals surface area contributed by atoms with Crippen LogP contribution in [0.15, 0.2) is 42.5 Å². The Balaban J connectivity index is 2.42. The molecule has 0 spiro atoms. The predicted molar refractivity (Wildman–Crippen MR) is 85.7 cm³/mol. The zero-order valence-corrected chi connectivity index (χ0v) is 12.3. The van der Waals surface area contributed by atoms with Gasteiger partial charge in [-0.05, 0) is 43.7 Å². The number of benzene rings is 2. The second kappa shape index (κ2) is 6.31. The summed E-state index contributed by atoms with van der Waals surface area (Å²) in [5.74, 6) is 0.000670. The van der Waals surface area contributed by atoms with Crippen LogP contribution in [0.3, 0.4) is 0 Å². The van der Waals surface area contributed by atoms with Crippen molar-refractivity contribution in [1.82, 2.24) is 0 Å². The van der Waals surface area contributed by atoms with Crippen LogP contribution in [0.2, 0.25) is 0 Å². The SMILES string of the molecule is CCCN(C(=O)c1cccc(O)c1C)c1cccc(N)c1. The third-order valence-electron chi connectivity index (χ3n) is 3.41. The van der Waals surface area contributed by atoms with E-state index < -0.39 is 0 Å². The average molecular weight is 284 g/mol. The molecule has 2 aromatic carbocycles. The molecule has 0 atom stereocenters. The van der Waals surface area contributed by atoms with E-state index in [4.69, 9.17) is 5.73 Å². The van der Waals surface area contributed by atoms with Crippen molar-refractivity contribution in [1.29, 1.82) is 0 Å². The molecule has 2 rings (SSSR count). The van der Waals surface area contributed by atoms with Crippen LogP contribution in [-0.4, -0.2) is 17.6 Å². The highest BCUT2D eigenvalue weighted by molar-refractivity contribution is 6.07. The predicted octanol–water partition coefficient (Wildman–Crippen LogP) is 3.34. The molecule has 0 aromatic heterocycles. The fraction of sp³-hybridized carbons (Fsp3) is 0.235. The molecule has 0 bridgehead atoms. The van der Waals surface area contributed by atoms with E-state index in [0.29, 0.717) is 23.4 Å². The lowest BCUT2D eigenvalue weighted by Gasteiger charge is -2.23. The number of nitrogens with zero attached hydrogens (tertiary/aromatic N) is 1. The van der Waals surface area contributed by atoms with Crippen LogP contribution in [0.25, 0.3) is 0 Å². The quantitative estimate of drug-likeness (QED) is 0.846. The Bertz CT molecular complexity index is 653. The highest BCUT2D eigenvalue weighted by atomic mass is 16.3. The largest absolute Gasteiger partial charge is 0.508 e. The Labute approximate surface area is 124 Å². The van der Waals surface area contributed by atoms with Crippen molar-refractivity contribution >= 4 is 17.3 Å². The van der Waals surface area contributed by atoms with Gasteiger partial charge >= 0.3 is 0 Å². The second-order valence-electron chi connectivity index (χ2n) is 5.00. The lowest BCUT2D eigenvalue weighted by Crippen LogP contribution is -2.32. The van der Waals surface area contributed by atoms with E-state index >= 15 is 0 Å². The first-order valence-electron chi connectivity index (χ1n) is 7.00. The first-order chi connectivity index (χ1) is 10.0. The second-order valence-corrected chi connectivity index (χ2v) is 5.00. The maximum Gasteiger partial charge on any atom is 0.258 e. The van der Waals surface area contributed by atoms with Crippen LogP contribution in [0.5, 0.6) is 5.75 Å². The van der Waals surface area contributed by atoms with E-state index in [1.165, 1.54) is 0 Å². The number of amides is 1. The Kier molecular flexibility index (Phi) is 4.48. The monoisotopic (exact) mass is 284 g/mol. The van der Waals surface area contributed by atoms with Crippen LogP contribution in [0.4, 0.5) is 11.4 Å². The molecule has 0 aliphatic heterocycles. The van der Waals surface area contributed by atoms with Crippen LogP contribution in [0.1, 0.15) is 29.3 Å². The first-order valence-corrected chi connectivity index (χ1v) is 7.00. The highest BCUT2D eigenvalue weighted by Crippen LogP contribution is 2.25. The highest BCUT2D eigenvalue weighted by Gasteiger charge is 2.19. The summed E-state index contributed by atoms with van der Waals surface area (Å²) in [7, 11) is 0. The maximum atomic E-state index is 12.8. The van der Waals surface area contributed by atoms with Gasteiger partial charge in [0.1, 0.15) is 5.75 Å². The molecule has 2 aromatic rings. The topological polar surface area (TPSA) is 66.6 Å². The molecule has 4 nitrogen and oxygen atoms in total. The molecule has 0 saturated heterocycles. The molecular formula is C17H20N2O2. The fourth-order valence-electron chi connectivity index (χ4n) is 2.26. The minimum atomic E-state index is -0.129. The van der Waals surface area contributed by atoms with Crippen molar-refractivity contribution in [3.8, 4) is 5.75 Å². The fourth-order valence-corrected chi connectivity index (χ4v) is 2.26. The average Bonchev–Trinajstić information content (AvgIpc) is 2.47. The number of carbonyl (C=O) groups excluding carboxylic acids is 1. The molecule has 0 fully saturated rings. The molecule has 1 amide bonds. The Morgan fingerprint density at radius 3 is 2.62 bits per heavy atom. The molecule has 0 unspecified atom stereocenters. The van der Waals surface area contributed by atoms with Crippen LogP contribution in [0, 0.1) is 6.92 Å². The Hall–Kier alpha value is -2.49. The van der Waals surface area contributed by atoms with E-state index in [-0.39, 0.29) is 11.7 Å². The van der Waals surface area contributed by atoms with Gasteiger partial charge in [0.2, 0.25) is 0 Å². The molecule has 0 aliphatic rings. The minimum absolute atomic E-state index is 0.129. The number of nitrogen functional groups attached to an aromatic ring is 1. The number of nitrogens with two attached hydrogens (primary N) is 1. The van der Waals surface area contributed by atoms with E-state index in [2.05, 4.69) is 0 Å². The molecule has 3 N–H and O–H groups in total. The van der Waals surface area contributed by atoms with Crippen LogP contribution in [-0.2, 0) is 0 Å². The van der Waals surface area contributed by atoms with Gasteiger partial charge in [0, 0.05) is 29.0 Å². The number of phenolic OH excluding ortho intramolecular Hbond substituents is 1. The van der Waals surface area contributed by atoms with Crippen molar-refractivity contribution in [2.75, 3.05) is 17.2 Å². The summed E-state index contributed by atoms with van der Waals surface area (Å²) in [6, 6.07) is 12.3. The number of carbonyl (C=O) groups is 1. The zero-order valence-electron chi connectivity index (χ0n) is 12.3. The van der Waals surface area contributed by atoms with Gasteiger partial charge in [-0.15, -0.1) is 0 Å². The van der Waals surface area contributed by atoms with E-state index in [1.807, 2.05) is 19.1 Å². The molecular weight excluding hydrogens is 264 g/mol. The number of anilines is 2. The number of aromatic hydroxyl groups is 1. The molecule has 0 radical (unpaired) electrons. The molecule has 0 saturated carbocycles. The van der Waals surface area contributed by atoms with Gasteiger partial charge in [0.05, 0.1) is 0 Å². The van der Waals surface area contributed by atoms with Gasteiger partial charge in [-0.2, -0.15) is 0 Å². The summed E-state index contributed by atoms with van der Waals surface area (Å²) in [4.78, 5) is 14.5. The van der Waals surface area contributed by atoms with Gasteiger partial charge in [0.15, 0.2) is 0 Å². The van der Waals surface area contributed by atoms with Crippen molar-refractivity contribution < 1.29 is 9.90 Å². The van der Waals surface area contributed by atoms with E-state index in [9.17, 15) is 9.90 Å². The van der Waals surface area contributed by atoms with Crippen LogP contribution >= 0.6 is 0 Å². The Morgan fingerprint density at radius 2 is 1.95 bits per heavy atom. The van der Waals surface area contributed by atoms with Gasteiger partial charge in [-0.25, -0.2) is 0 Å². The zero-order chi connectivity index (χ0) is 15.4. The number of phenols is 1. The molecule has 21 heavy (non-hydrogen) atoms. The van der Waals surface area contributed by atoms with E-state index in [1.54, 1.807) is 42.2 Å². The molecule has 4 heteroatoms. The normalized spacial score (nSPS) is 10.4. The number of hydrogen-bond acceptors (Lipinski definition) is 3. The summed E-state index contributed by atoms with van der Waals surface area (Å²) >= 11 is 0. The summed E-state index contributed by atoms with van der Waals surface area (Å²) in [6.07, 6.45) is 0.832. The standard InChI is InChI=1S/C17H20N2O2/c1-3-10-19(14-7-4-6-13(18)11-14)17(21)15-8-5-9-16(20)12(15)2/h4-9,11,20H,3,10,18H2,1-2H3. The Morgan fingerprint density at radius 1 is 1.24 bits per heavy atom. The smallest absolute Gasteiger partial charge is 0.258 e. The van der Waals surface area contributed by atoms with Crippen LogP contribution < -0.4 is 10.6 Å². The lowest BCUT2D eigenvalue weighted by atomic mass is 10.1. The molecule has 0 aliphatic carbocycles. The number of hydrogen-bond donors (Lipinski definition) is 2. The summed E-state index contributed by atoms with van der Waals surface area (Å²) in [5, 5.41) is 9.78. The lowest BCUT2D eigenvalue weighted by molar-refractivity contribution is 0.0986. The minimum Gasteiger partial charge on any atom is -0.508 e. The number of rotatable bonds is 4. The van der Waals surface area contributed by atoms with Crippen molar-refractivity contribution in [3.63, 3.8) is 0 Å². The maximum absolute atomic E-state index is 12.8. The van der Waals surface area contributed by atoms with E-state index in [0.717, 1.165) is 12.1 Å².